The summed E-state index contributed by atoms with van der Waals surface area (Å²) in [6.45, 7) is 7.99. The largest absolute Gasteiger partial charge is 0.494 e. The lowest BCUT2D eigenvalue weighted by Gasteiger charge is -2.32. The number of nitro groups is 1. The van der Waals surface area contributed by atoms with Gasteiger partial charge >= 0.3 is 18.8 Å². The van der Waals surface area contributed by atoms with E-state index in [0.717, 1.165) is 17.9 Å². The van der Waals surface area contributed by atoms with Gasteiger partial charge in [-0.05, 0) is 45.3 Å². The molecule has 0 spiro atoms. The molecule has 9 heteroatoms. The molecule has 0 saturated carbocycles. The van der Waals surface area contributed by atoms with Crippen LogP contribution in [0.5, 0.6) is 11.8 Å². The lowest BCUT2D eigenvalue weighted by molar-refractivity contribution is -0.385. The van der Waals surface area contributed by atoms with Crippen molar-refractivity contribution in [3.63, 3.8) is 0 Å². The summed E-state index contributed by atoms with van der Waals surface area (Å²) in [5, 5.41) is 10.6. The van der Waals surface area contributed by atoms with Gasteiger partial charge in [-0.25, -0.2) is 0 Å². The number of hydrogen-bond donors (Lipinski definition) is 0. The highest BCUT2D eigenvalue weighted by atomic mass is 16.7. The minimum Gasteiger partial charge on any atom is -0.424 e. The van der Waals surface area contributed by atoms with Gasteiger partial charge in [-0.3, -0.25) is 10.1 Å². The molecule has 1 aliphatic heterocycles. The average molecular weight is 343 g/mol. The molecule has 0 unspecified atom stereocenters. The molecule has 1 aromatic heterocycles. The van der Waals surface area contributed by atoms with E-state index in [1.807, 2.05) is 39.8 Å². The fourth-order valence-corrected chi connectivity index (χ4v) is 2.23. The van der Waals surface area contributed by atoms with Crippen LogP contribution in [0.1, 0.15) is 27.7 Å². The number of nitrogens with zero attached hydrogens (tertiary/aromatic N) is 3. The molecule has 3 rings (SSSR count). The molecule has 0 radical (unpaired) electrons. The average Bonchev–Trinajstić information content (AvgIpc) is 2.76. The third-order valence-electron chi connectivity index (χ3n) is 4.44. The van der Waals surface area contributed by atoms with Gasteiger partial charge in [0.05, 0.1) is 16.1 Å². The second-order valence-electron chi connectivity index (χ2n) is 6.74. The molecular weight excluding hydrogens is 325 g/mol. The maximum atomic E-state index is 10.6. The van der Waals surface area contributed by atoms with Crippen molar-refractivity contribution in [2.24, 2.45) is 0 Å². The fourth-order valence-electron chi connectivity index (χ4n) is 2.23. The second-order valence-corrected chi connectivity index (χ2v) is 6.74. The molecule has 0 N–H and O–H groups in total. The van der Waals surface area contributed by atoms with Gasteiger partial charge in [0.25, 0.3) is 0 Å². The predicted octanol–water partition coefficient (Wildman–Crippen LogP) is 2.48. The molecule has 130 valence electrons. The highest BCUT2D eigenvalue weighted by Gasteiger charge is 2.51. The van der Waals surface area contributed by atoms with Crippen LogP contribution >= 0.6 is 0 Å². The van der Waals surface area contributed by atoms with E-state index in [9.17, 15) is 10.1 Å². The molecule has 0 aliphatic carbocycles. The van der Waals surface area contributed by atoms with E-state index in [-0.39, 0.29) is 11.7 Å². The Morgan fingerprint density at radius 1 is 1.04 bits per heavy atom. The van der Waals surface area contributed by atoms with Gasteiger partial charge in [0, 0.05) is 0 Å². The van der Waals surface area contributed by atoms with Crippen LogP contribution in [0, 0.1) is 10.1 Å². The quantitative estimate of drug-likeness (QED) is 0.478. The van der Waals surface area contributed by atoms with Gasteiger partial charge in [-0.2, -0.15) is 9.97 Å². The first kappa shape index (κ1) is 17.3. The highest BCUT2D eigenvalue weighted by molar-refractivity contribution is 6.62. The zero-order valence-corrected chi connectivity index (χ0v) is 14.4. The molecule has 2 aromatic rings. The van der Waals surface area contributed by atoms with E-state index in [0.29, 0.717) is 5.75 Å². The molecule has 1 fully saturated rings. The van der Waals surface area contributed by atoms with Crippen molar-refractivity contribution in [3.05, 3.63) is 46.8 Å². The van der Waals surface area contributed by atoms with E-state index in [2.05, 4.69) is 9.97 Å². The molecule has 0 atom stereocenters. The van der Waals surface area contributed by atoms with E-state index in [4.69, 9.17) is 14.0 Å². The van der Waals surface area contributed by atoms with Crippen molar-refractivity contribution in [2.75, 3.05) is 0 Å². The third-order valence-corrected chi connectivity index (χ3v) is 4.44. The molecule has 0 bridgehead atoms. The number of ether oxygens (including phenoxy) is 1. The maximum Gasteiger partial charge on any atom is 0.494 e. The Morgan fingerprint density at radius 2 is 1.56 bits per heavy atom. The SMILES string of the molecule is CC1(C)OB(c2ccc(Oc3ncc([N+](=O)[O-])cn3)cc2)OC1(C)C. The highest BCUT2D eigenvalue weighted by Crippen LogP contribution is 2.36. The van der Waals surface area contributed by atoms with Crippen LogP contribution in [0.15, 0.2) is 36.7 Å². The summed E-state index contributed by atoms with van der Waals surface area (Å²) in [6, 6.07) is 7.19. The van der Waals surface area contributed by atoms with Crippen LogP contribution < -0.4 is 10.2 Å². The number of hydrogen-bond acceptors (Lipinski definition) is 7. The predicted molar refractivity (Wildman–Crippen MR) is 90.9 cm³/mol. The van der Waals surface area contributed by atoms with E-state index in [1.165, 1.54) is 0 Å². The smallest absolute Gasteiger partial charge is 0.424 e. The topological polar surface area (TPSA) is 96.6 Å². The van der Waals surface area contributed by atoms with Crippen molar-refractivity contribution in [3.8, 4) is 11.8 Å². The molecule has 25 heavy (non-hydrogen) atoms. The van der Waals surface area contributed by atoms with Crippen LogP contribution in [-0.4, -0.2) is 33.2 Å². The monoisotopic (exact) mass is 343 g/mol. The molecule has 8 nitrogen and oxygen atoms in total. The van der Waals surface area contributed by atoms with E-state index < -0.39 is 23.2 Å². The zero-order chi connectivity index (χ0) is 18.2. The molecule has 1 aliphatic rings. The minimum absolute atomic E-state index is 0.0361. The van der Waals surface area contributed by atoms with Crippen LogP contribution in [0.25, 0.3) is 0 Å². The van der Waals surface area contributed by atoms with Gasteiger partial charge in [-0.1, -0.05) is 12.1 Å². The molecule has 1 saturated heterocycles. The second kappa shape index (κ2) is 6.09. The Kier molecular flexibility index (Phi) is 4.22. The first-order valence-corrected chi connectivity index (χ1v) is 7.78. The Hall–Kier alpha value is -2.52. The van der Waals surface area contributed by atoms with Crippen molar-refractivity contribution in [1.29, 1.82) is 0 Å². The third kappa shape index (κ3) is 3.47. The zero-order valence-electron chi connectivity index (χ0n) is 14.4. The Labute approximate surface area is 145 Å². The summed E-state index contributed by atoms with van der Waals surface area (Å²) >= 11 is 0. The molecule has 2 heterocycles. The molecule has 0 amide bonds. The van der Waals surface area contributed by atoms with E-state index in [1.54, 1.807) is 12.1 Å². The lowest BCUT2D eigenvalue weighted by atomic mass is 9.79. The Morgan fingerprint density at radius 3 is 2.04 bits per heavy atom. The fraction of sp³-hybridized carbons (Fsp3) is 0.375. The van der Waals surface area contributed by atoms with Crippen molar-refractivity contribution in [1.82, 2.24) is 9.97 Å². The Balaban J connectivity index is 1.70. The summed E-state index contributed by atoms with van der Waals surface area (Å²) in [4.78, 5) is 17.6. The lowest BCUT2D eigenvalue weighted by Crippen LogP contribution is -2.41. The minimum atomic E-state index is -0.566. The molecule has 1 aromatic carbocycles. The van der Waals surface area contributed by atoms with Gasteiger partial charge in [0.2, 0.25) is 0 Å². The first-order valence-electron chi connectivity index (χ1n) is 7.78. The van der Waals surface area contributed by atoms with Gasteiger partial charge < -0.3 is 14.0 Å². The summed E-state index contributed by atoms with van der Waals surface area (Å²) in [5.74, 6) is 0.508. The van der Waals surface area contributed by atoms with Gasteiger partial charge in [0.1, 0.15) is 18.1 Å². The van der Waals surface area contributed by atoms with Crippen molar-refractivity contribution < 1.29 is 19.0 Å². The van der Waals surface area contributed by atoms with Crippen LogP contribution in [0.2, 0.25) is 0 Å². The first-order chi connectivity index (χ1) is 11.7. The van der Waals surface area contributed by atoms with Gasteiger partial charge in [-0.15, -0.1) is 0 Å². The summed E-state index contributed by atoms with van der Waals surface area (Å²) in [5.41, 5.74) is -0.127. The van der Waals surface area contributed by atoms with Crippen molar-refractivity contribution in [2.45, 2.75) is 38.9 Å². The molecular formula is C16H18BN3O5. The van der Waals surface area contributed by atoms with Crippen molar-refractivity contribution >= 4 is 18.3 Å². The van der Waals surface area contributed by atoms with E-state index >= 15 is 0 Å². The number of rotatable bonds is 4. The van der Waals surface area contributed by atoms with Gasteiger partial charge in [0.15, 0.2) is 0 Å². The summed E-state index contributed by atoms with van der Waals surface area (Å²) < 4.78 is 17.5. The summed E-state index contributed by atoms with van der Waals surface area (Å²) in [7, 11) is -0.449. The number of benzene rings is 1. The standard InChI is InChI=1S/C16H18BN3O5/c1-15(2)16(3,4)25-17(24-15)11-5-7-13(8-6-11)23-14-18-9-12(10-19-14)20(21)22/h5-10H,1-4H3. The number of aromatic nitrogens is 2. The maximum absolute atomic E-state index is 10.6. The van der Waals surface area contributed by atoms with Crippen LogP contribution in [0.3, 0.4) is 0 Å². The summed E-state index contributed by atoms with van der Waals surface area (Å²) in [6.07, 6.45) is 2.20. The Bertz CT molecular complexity index is 761. The van der Waals surface area contributed by atoms with Crippen LogP contribution in [-0.2, 0) is 9.31 Å². The normalized spacial score (nSPS) is 18.2. The van der Waals surface area contributed by atoms with Crippen LogP contribution in [0.4, 0.5) is 5.69 Å².